The van der Waals surface area contributed by atoms with Crippen molar-refractivity contribution >= 4 is 29.1 Å². The van der Waals surface area contributed by atoms with E-state index < -0.39 is 0 Å². The number of aryl methyl sites for hydroxylation is 2. The minimum absolute atomic E-state index is 0.138. The molecule has 3 aromatic rings. The molecule has 1 aliphatic carbocycles. The number of hydrogen-bond acceptors (Lipinski definition) is 4. The average Bonchev–Trinajstić information content (AvgIpc) is 3.43. The quantitative estimate of drug-likeness (QED) is 0.636. The topological polar surface area (TPSA) is 84.2 Å². The van der Waals surface area contributed by atoms with Crippen molar-refractivity contribution in [2.75, 3.05) is 5.32 Å². The molecule has 0 atom stereocenters. The van der Waals surface area contributed by atoms with Crippen LogP contribution >= 0.6 is 11.6 Å². The summed E-state index contributed by atoms with van der Waals surface area (Å²) in [4.78, 5) is 25.4. The van der Waals surface area contributed by atoms with Gasteiger partial charge in [0, 0.05) is 22.9 Å². The van der Waals surface area contributed by atoms with Crippen molar-refractivity contribution in [3.63, 3.8) is 0 Å². The highest BCUT2D eigenvalue weighted by Gasteiger charge is 2.25. The van der Waals surface area contributed by atoms with Crippen LogP contribution in [-0.2, 0) is 0 Å². The first kappa shape index (κ1) is 19.2. The molecule has 2 aromatic carbocycles. The number of aromatic nitrogens is 1. The highest BCUT2D eigenvalue weighted by atomic mass is 35.5. The van der Waals surface area contributed by atoms with E-state index in [1.165, 1.54) is 0 Å². The Morgan fingerprint density at radius 3 is 2.59 bits per heavy atom. The molecular formula is C22H20ClN3O3. The molecule has 29 heavy (non-hydrogen) atoms. The Balaban J connectivity index is 1.63. The summed E-state index contributed by atoms with van der Waals surface area (Å²) in [6.45, 7) is 3.54. The summed E-state index contributed by atoms with van der Waals surface area (Å²) < 4.78 is 5.27. The molecule has 0 saturated heterocycles. The number of hydrogen-bond donors (Lipinski definition) is 2. The third-order valence-corrected chi connectivity index (χ3v) is 5.21. The lowest BCUT2D eigenvalue weighted by Gasteiger charge is -2.11. The van der Waals surface area contributed by atoms with Gasteiger partial charge in [-0.1, -0.05) is 41.0 Å². The number of nitrogens with zero attached hydrogens (tertiary/aromatic N) is 1. The van der Waals surface area contributed by atoms with E-state index in [2.05, 4.69) is 15.8 Å². The van der Waals surface area contributed by atoms with Gasteiger partial charge < -0.3 is 15.2 Å². The number of halogens is 1. The molecule has 1 aliphatic rings. The zero-order valence-corrected chi connectivity index (χ0v) is 16.8. The van der Waals surface area contributed by atoms with Crippen LogP contribution in [0.1, 0.15) is 44.9 Å². The number of carbonyl (C=O) groups excluding carboxylic acids is 2. The van der Waals surface area contributed by atoms with E-state index in [9.17, 15) is 9.59 Å². The van der Waals surface area contributed by atoms with Crippen LogP contribution in [0.5, 0.6) is 0 Å². The van der Waals surface area contributed by atoms with Gasteiger partial charge >= 0.3 is 0 Å². The summed E-state index contributed by atoms with van der Waals surface area (Å²) in [6.07, 6.45) is 2.03. The fourth-order valence-corrected chi connectivity index (χ4v) is 3.28. The molecule has 1 aromatic heterocycles. The fraction of sp³-hybridized carbons (Fsp3) is 0.227. The van der Waals surface area contributed by atoms with E-state index in [-0.39, 0.29) is 17.9 Å². The van der Waals surface area contributed by atoms with E-state index >= 15 is 0 Å². The Morgan fingerprint density at radius 1 is 1.10 bits per heavy atom. The minimum Gasteiger partial charge on any atom is -0.360 e. The maximum atomic E-state index is 13.1. The van der Waals surface area contributed by atoms with Gasteiger partial charge in [-0.3, -0.25) is 9.59 Å². The first-order valence-electron chi connectivity index (χ1n) is 9.38. The molecule has 0 spiro atoms. The molecule has 2 N–H and O–H groups in total. The first-order chi connectivity index (χ1) is 13.9. The van der Waals surface area contributed by atoms with E-state index in [1.807, 2.05) is 19.1 Å². The lowest BCUT2D eigenvalue weighted by Crippen LogP contribution is -2.25. The van der Waals surface area contributed by atoms with E-state index in [4.69, 9.17) is 16.1 Å². The molecule has 0 radical (unpaired) electrons. The second kappa shape index (κ2) is 7.72. The van der Waals surface area contributed by atoms with E-state index in [1.54, 1.807) is 37.3 Å². The maximum absolute atomic E-state index is 13.1. The highest BCUT2D eigenvalue weighted by molar-refractivity contribution is 6.33. The number of rotatable bonds is 5. The van der Waals surface area contributed by atoms with Crippen molar-refractivity contribution in [1.82, 2.24) is 10.5 Å². The molecule has 1 heterocycles. The maximum Gasteiger partial charge on any atom is 0.261 e. The Hall–Kier alpha value is -3.12. The van der Waals surface area contributed by atoms with Crippen LogP contribution in [0.2, 0.25) is 5.02 Å². The van der Waals surface area contributed by atoms with Crippen molar-refractivity contribution < 1.29 is 14.1 Å². The third-order valence-electron chi connectivity index (χ3n) is 4.88. The van der Waals surface area contributed by atoms with Crippen LogP contribution in [0.25, 0.3) is 11.3 Å². The van der Waals surface area contributed by atoms with Gasteiger partial charge in [0.25, 0.3) is 11.8 Å². The molecule has 4 rings (SSSR count). The standard InChI is InChI=1S/C22H20ClN3O3/c1-12-7-8-14(21(27)24-15-9-10-15)11-18(12)25-22(28)19-13(2)29-26-20(19)16-5-3-4-6-17(16)23/h3-8,11,15H,9-10H2,1-2H3,(H,24,27)(H,25,28). The average molecular weight is 410 g/mol. The van der Waals surface area contributed by atoms with Gasteiger partial charge in [0.2, 0.25) is 0 Å². The zero-order valence-electron chi connectivity index (χ0n) is 16.1. The molecule has 148 valence electrons. The van der Waals surface area contributed by atoms with Crippen molar-refractivity contribution in [3.8, 4) is 11.3 Å². The van der Waals surface area contributed by atoms with Gasteiger partial charge in [0.15, 0.2) is 0 Å². The fourth-order valence-electron chi connectivity index (χ4n) is 3.06. The van der Waals surface area contributed by atoms with Crippen LogP contribution in [0.4, 0.5) is 5.69 Å². The summed E-state index contributed by atoms with van der Waals surface area (Å²) in [5.41, 5.74) is 3.21. The summed E-state index contributed by atoms with van der Waals surface area (Å²) in [6, 6.07) is 12.6. The highest BCUT2D eigenvalue weighted by Crippen LogP contribution is 2.32. The zero-order chi connectivity index (χ0) is 20.5. The van der Waals surface area contributed by atoms with Crippen molar-refractivity contribution in [3.05, 3.63) is 69.9 Å². The van der Waals surface area contributed by atoms with Gasteiger partial charge in [-0.05, 0) is 50.5 Å². The van der Waals surface area contributed by atoms with Crippen LogP contribution in [-0.4, -0.2) is 23.0 Å². The van der Waals surface area contributed by atoms with Gasteiger partial charge in [-0.2, -0.15) is 0 Å². The van der Waals surface area contributed by atoms with E-state index in [0.717, 1.165) is 18.4 Å². The molecule has 7 heteroatoms. The molecule has 1 saturated carbocycles. The van der Waals surface area contributed by atoms with Gasteiger partial charge in [0.1, 0.15) is 17.0 Å². The third kappa shape index (κ3) is 4.03. The van der Waals surface area contributed by atoms with E-state index in [0.29, 0.717) is 38.9 Å². The number of carbonyl (C=O) groups is 2. The molecule has 0 aliphatic heterocycles. The predicted octanol–water partition coefficient (Wildman–Crippen LogP) is 4.76. The molecule has 0 bridgehead atoms. The van der Waals surface area contributed by atoms with Crippen LogP contribution in [0, 0.1) is 13.8 Å². The van der Waals surface area contributed by atoms with Crippen molar-refractivity contribution in [2.45, 2.75) is 32.7 Å². The summed E-state index contributed by atoms with van der Waals surface area (Å²) in [5, 5.41) is 10.3. The van der Waals surface area contributed by atoms with Gasteiger partial charge in [-0.15, -0.1) is 0 Å². The van der Waals surface area contributed by atoms with Crippen molar-refractivity contribution in [1.29, 1.82) is 0 Å². The van der Waals surface area contributed by atoms with Crippen LogP contribution in [0.15, 0.2) is 47.0 Å². The molecule has 1 fully saturated rings. The SMILES string of the molecule is Cc1ccc(C(=O)NC2CC2)cc1NC(=O)c1c(-c2ccccc2Cl)noc1C. The summed E-state index contributed by atoms with van der Waals surface area (Å²) in [5.74, 6) is -0.125. The Morgan fingerprint density at radius 2 is 1.86 bits per heavy atom. The lowest BCUT2D eigenvalue weighted by molar-refractivity contribution is 0.0949. The molecule has 2 amide bonds. The van der Waals surface area contributed by atoms with Crippen LogP contribution < -0.4 is 10.6 Å². The Kier molecular flexibility index (Phi) is 5.11. The smallest absolute Gasteiger partial charge is 0.261 e. The molecular weight excluding hydrogens is 390 g/mol. The monoisotopic (exact) mass is 409 g/mol. The largest absolute Gasteiger partial charge is 0.360 e. The van der Waals surface area contributed by atoms with Crippen LogP contribution in [0.3, 0.4) is 0 Å². The Labute approximate surface area is 173 Å². The second-order valence-electron chi connectivity index (χ2n) is 7.17. The number of amides is 2. The van der Waals surface area contributed by atoms with Gasteiger partial charge in [0.05, 0.1) is 5.02 Å². The number of nitrogens with one attached hydrogen (secondary N) is 2. The molecule has 6 nitrogen and oxygen atoms in total. The lowest BCUT2D eigenvalue weighted by atomic mass is 10.0. The number of benzene rings is 2. The normalized spacial score (nSPS) is 13.2. The first-order valence-corrected chi connectivity index (χ1v) is 9.76. The Bertz CT molecular complexity index is 1100. The second-order valence-corrected chi connectivity index (χ2v) is 7.58. The molecule has 0 unspecified atom stereocenters. The number of anilines is 1. The predicted molar refractivity (Wildman–Crippen MR) is 111 cm³/mol. The summed E-state index contributed by atoms with van der Waals surface area (Å²) in [7, 11) is 0. The minimum atomic E-state index is -0.374. The van der Waals surface area contributed by atoms with Crippen molar-refractivity contribution in [2.24, 2.45) is 0 Å². The van der Waals surface area contributed by atoms with Gasteiger partial charge in [-0.25, -0.2) is 0 Å². The summed E-state index contributed by atoms with van der Waals surface area (Å²) >= 11 is 6.27.